The van der Waals surface area contributed by atoms with E-state index in [9.17, 15) is 4.79 Å². The number of hydrogen-bond donors (Lipinski definition) is 0. The second kappa shape index (κ2) is 8.09. The smallest absolute Gasteiger partial charge is 0.263 e. The van der Waals surface area contributed by atoms with E-state index in [0.29, 0.717) is 31.9 Å². The second-order valence-electron chi connectivity index (χ2n) is 6.78. The molecule has 1 amide bonds. The summed E-state index contributed by atoms with van der Waals surface area (Å²) in [5, 5.41) is 9.16. The number of aromatic nitrogens is 1. The highest BCUT2D eigenvalue weighted by molar-refractivity contribution is 5.81. The Morgan fingerprint density at radius 2 is 1.81 bits per heavy atom. The van der Waals surface area contributed by atoms with Crippen molar-refractivity contribution in [1.29, 1.82) is 5.26 Å². The van der Waals surface area contributed by atoms with Gasteiger partial charge in [0.25, 0.3) is 5.91 Å². The molecule has 2 aromatic rings. The van der Waals surface area contributed by atoms with Gasteiger partial charge in [-0.05, 0) is 44.0 Å². The molecule has 3 rings (SSSR count). The average Bonchev–Trinajstić information content (AvgIpc) is 2.69. The first-order valence-electron chi connectivity index (χ1n) is 9.13. The van der Waals surface area contributed by atoms with Gasteiger partial charge >= 0.3 is 0 Å². The molecule has 0 bridgehead atoms. The minimum atomic E-state index is -0.527. The second-order valence-corrected chi connectivity index (χ2v) is 6.78. The number of nitriles is 1. The van der Waals surface area contributed by atoms with Crippen LogP contribution in [0, 0.1) is 25.2 Å². The molecule has 1 aromatic heterocycles. The molecule has 1 aliphatic rings. The number of amides is 1. The normalized spacial score (nSPS) is 15.2. The van der Waals surface area contributed by atoms with Gasteiger partial charge in [-0.1, -0.05) is 24.3 Å². The molecule has 0 aliphatic carbocycles. The van der Waals surface area contributed by atoms with Crippen molar-refractivity contribution in [3.63, 3.8) is 0 Å². The number of carbonyl (C=O) groups is 1. The quantitative estimate of drug-likeness (QED) is 0.834. The third kappa shape index (κ3) is 4.20. The van der Waals surface area contributed by atoms with Crippen LogP contribution in [0.15, 0.2) is 36.4 Å². The van der Waals surface area contributed by atoms with Gasteiger partial charge in [0.05, 0.1) is 0 Å². The van der Waals surface area contributed by atoms with E-state index in [4.69, 9.17) is 10.00 Å². The summed E-state index contributed by atoms with van der Waals surface area (Å²) in [6.45, 7) is 8.22. The van der Waals surface area contributed by atoms with E-state index in [1.54, 1.807) is 6.92 Å². The van der Waals surface area contributed by atoms with E-state index in [-0.39, 0.29) is 5.91 Å². The Hall–Kier alpha value is -3.07. The molecule has 27 heavy (non-hydrogen) atoms. The number of anilines is 1. The topological polar surface area (TPSA) is 69.5 Å². The highest BCUT2D eigenvalue weighted by Crippen LogP contribution is 2.20. The lowest BCUT2D eigenvalue weighted by molar-refractivity contribution is -0.138. The molecule has 0 N–H and O–H groups in total. The van der Waals surface area contributed by atoms with Crippen LogP contribution in [0.3, 0.4) is 0 Å². The highest BCUT2D eigenvalue weighted by Gasteiger charge is 2.27. The zero-order valence-electron chi connectivity index (χ0n) is 16.0. The van der Waals surface area contributed by atoms with E-state index in [0.717, 1.165) is 22.7 Å². The zero-order valence-corrected chi connectivity index (χ0v) is 16.0. The summed E-state index contributed by atoms with van der Waals surface area (Å²) in [7, 11) is 0. The number of pyridine rings is 1. The van der Waals surface area contributed by atoms with Crippen molar-refractivity contribution in [1.82, 2.24) is 9.88 Å². The van der Waals surface area contributed by atoms with Crippen LogP contribution >= 0.6 is 0 Å². The predicted octanol–water partition coefficient (Wildman–Crippen LogP) is 2.69. The Bertz CT molecular complexity index is 867. The van der Waals surface area contributed by atoms with Crippen LogP contribution in [0.2, 0.25) is 0 Å². The van der Waals surface area contributed by atoms with E-state index >= 15 is 0 Å². The Kier molecular flexibility index (Phi) is 5.60. The first kappa shape index (κ1) is 18.7. The number of ether oxygens (including phenoxy) is 1. The molecule has 1 atom stereocenters. The van der Waals surface area contributed by atoms with Crippen LogP contribution in [0.1, 0.15) is 23.7 Å². The highest BCUT2D eigenvalue weighted by atomic mass is 16.5. The number of piperazine rings is 1. The third-order valence-electron chi connectivity index (χ3n) is 4.85. The summed E-state index contributed by atoms with van der Waals surface area (Å²) in [6, 6.07) is 13.7. The number of hydrogen-bond acceptors (Lipinski definition) is 5. The van der Waals surface area contributed by atoms with E-state index < -0.39 is 6.10 Å². The number of rotatable bonds is 4. The molecule has 6 nitrogen and oxygen atoms in total. The van der Waals surface area contributed by atoms with Crippen molar-refractivity contribution < 1.29 is 9.53 Å². The fourth-order valence-electron chi connectivity index (χ4n) is 3.15. The lowest BCUT2D eigenvalue weighted by Crippen LogP contribution is -2.52. The molecule has 0 radical (unpaired) electrons. The van der Waals surface area contributed by atoms with Crippen LogP contribution in [-0.4, -0.2) is 48.1 Å². The van der Waals surface area contributed by atoms with Gasteiger partial charge in [0.15, 0.2) is 6.10 Å². The van der Waals surface area contributed by atoms with Gasteiger partial charge in [-0.25, -0.2) is 4.98 Å². The molecule has 1 aromatic carbocycles. The maximum Gasteiger partial charge on any atom is 0.263 e. The SMILES string of the molecule is Cc1ccccc1OC(C)C(=O)N1CCN(c2ccc(C)c(C#N)n2)CC1. The maximum atomic E-state index is 12.7. The van der Waals surface area contributed by atoms with Crippen molar-refractivity contribution >= 4 is 11.7 Å². The monoisotopic (exact) mass is 364 g/mol. The van der Waals surface area contributed by atoms with Gasteiger partial charge in [0.1, 0.15) is 23.3 Å². The molecule has 140 valence electrons. The van der Waals surface area contributed by atoms with Gasteiger partial charge in [-0.3, -0.25) is 4.79 Å². The standard InChI is InChI=1S/C21H24N4O2/c1-15-8-9-20(23-18(15)14-22)24-10-12-25(13-11-24)21(26)17(3)27-19-7-5-4-6-16(19)2/h4-9,17H,10-13H2,1-3H3. The van der Waals surface area contributed by atoms with Gasteiger partial charge < -0.3 is 14.5 Å². The Labute approximate surface area is 160 Å². The molecule has 6 heteroatoms. The third-order valence-corrected chi connectivity index (χ3v) is 4.85. The number of carbonyl (C=O) groups excluding carboxylic acids is 1. The van der Waals surface area contributed by atoms with E-state index in [1.807, 2.05) is 55.1 Å². The lowest BCUT2D eigenvalue weighted by Gasteiger charge is -2.36. The molecule has 0 spiro atoms. The summed E-state index contributed by atoms with van der Waals surface area (Å²) in [4.78, 5) is 21.1. The molecular formula is C21H24N4O2. The lowest BCUT2D eigenvalue weighted by atomic mass is 10.2. The first-order valence-corrected chi connectivity index (χ1v) is 9.13. The van der Waals surface area contributed by atoms with Crippen molar-refractivity contribution in [2.24, 2.45) is 0 Å². The number of nitrogens with zero attached hydrogens (tertiary/aromatic N) is 4. The molecule has 0 saturated carbocycles. The Morgan fingerprint density at radius 1 is 1.11 bits per heavy atom. The minimum Gasteiger partial charge on any atom is -0.481 e. The number of aryl methyl sites for hydroxylation is 2. The molecule has 2 heterocycles. The first-order chi connectivity index (χ1) is 13.0. The summed E-state index contributed by atoms with van der Waals surface area (Å²) < 4.78 is 5.86. The van der Waals surface area contributed by atoms with E-state index in [1.165, 1.54) is 0 Å². The molecular weight excluding hydrogens is 340 g/mol. The largest absolute Gasteiger partial charge is 0.481 e. The van der Waals surface area contributed by atoms with Crippen LogP contribution in [-0.2, 0) is 4.79 Å². The Morgan fingerprint density at radius 3 is 2.48 bits per heavy atom. The summed E-state index contributed by atoms with van der Waals surface area (Å²) in [5.41, 5.74) is 2.34. The Balaban J connectivity index is 1.59. The maximum absolute atomic E-state index is 12.7. The summed E-state index contributed by atoms with van der Waals surface area (Å²) >= 11 is 0. The van der Waals surface area contributed by atoms with Crippen LogP contribution in [0.4, 0.5) is 5.82 Å². The molecule has 1 fully saturated rings. The van der Waals surface area contributed by atoms with Crippen LogP contribution in [0.5, 0.6) is 5.75 Å². The fraction of sp³-hybridized carbons (Fsp3) is 0.381. The average molecular weight is 364 g/mol. The minimum absolute atomic E-state index is 0.00696. The molecule has 1 saturated heterocycles. The van der Waals surface area contributed by atoms with Crippen molar-refractivity contribution in [3.05, 3.63) is 53.2 Å². The van der Waals surface area contributed by atoms with Gasteiger partial charge in [0, 0.05) is 26.2 Å². The van der Waals surface area contributed by atoms with Crippen molar-refractivity contribution in [3.8, 4) is 11.8 Å². The van der Waals surface area contributed by atoms with E-state index in [2.05, 4.69) is 16.0 Å². The summed E-state index contributed by atoms with van der Waals surface area (Å²) in [5.74, 6) is 1.52. The summed E-state index contributed by atoms with van der Waals surface area (Å²) in [6.07, 6.45) is -0.527. The fourth-order valence-corrected chi connectivity index (χ4v) is 3.15. The van der Waals surface area contributed by atoms with Crippen molar-refractivity contribution in [2.45, 2.75) is 26.9 Å². The molecule has 1 unspecified atom stereocenters. The van der Waals surface area contributed by atoms with Crippen LogP contribution in [0.25, 0.3) is 0 Å². The molecule has 1 aliphatic heterocycles. The number of benzene rings is 1. The van der Waals surface area contributed by atoms with Crippen LogP contribution < -0.4 is 9.64 Å². The predicted molar refractivity (Wildman–Crippen MR) is 104 cm³/mol. The zero-order chi connectivity index (χ0) is 19.4. The number of para-hydroxylation sites is 1. The van der Waals surface area contributed by atoms with Gasteiger partial charge in [-0.15, -0.1) is 0 Å². The van der Waals surface area contributed by atoms with Crippen molar-refractivity contribution in [2.75, 3.05) is 31.1 Å². The van der Waals surface area contributed by atoms with Gasteiger partial charge in [0.2, 0.25) is 0 Å². The van der Waals surface area contributed by atoms with Gasteiger partial charge in [-0.2, -0.15) is 5.26 Å².